The van der Waals surface area contributed by atoms with Crippen LogP contribution in [0.3, 0.4) is 0 Å². The summed E-state index contributed by atoms with van der Waals surface area (Å²) in [5, 5.41) is 8.66. The molecule has 0 aromatic heterocycles. The number of carboxylic acids is 1. The van der Waals surface area contributed by atoms with Crippen LogP contribution in [0.4, 0.5) is 13.2 Å². The highest BCUT2D eigenvalue weighted by molar-refractivity contribution is 7.92. The number of halogens is 3. The summed E-state index contributed by atoms with van der Waals surface area (Å²) in [6.45, 7) is 3.53. The first-order valence-corrected chi connectivity index (χ1v) is 9.37. The highest BCUT2D eigenvalue weighted by Gasteiger charge is 2.40. The second kappa shape index (κ2) is 8.48. The van der Waals surface area contributed by atoms with Crippen molar-refractivity contribution in [3.8, 4) is 0 Å². The van der Waals surface area contributed by atoms with Gasteiger partial charge in [0.25, 0.3) is 0 Å². The number of rotatable bonds is 9. The smallest absolute Gasteiger partial charge is 0.395 e. The Bertz CT molecular complexity index is 700. The molecule has 0 aliphatic carbocycles. The average molecular weight is 378 g/mol. The maximum atomic E-state index is 13.3. The van der Waals surface area contributed by atoms with E-state index in [1.807, 2.05) is 0 Å². The highest BCUT2D eigenvalue weighted by atomic mass is 32.2. The lowest BCUT2D eigenvalue weighted by atomic mass is 9.95. The molecule has 0 spiro atoms. The fourth-order valence-corrected chi connectivity index (χ4v) is 3.69. The largest absolute Gasteiger partial charge is 0.480 e. The van der Waals surface area contributed by atoms with E-state index in [0.29, 0.717) is 5.56 Å². The van der Waals surface area contributed by atoms with Crippen LogP contribution >= 0.6 is 0 Å². The first-order chi connectivity index (χ1) is 11.5. The van der Waals surface area contributed by atoms with Crippen LogP contribution in [0, 0.1) is 4.78 Å². The number of carbonyl (C=O) groups is 1. The van der Waals surface area contributed by atoms with Crippen molar-refractivity contribution in [3.63, 3.8) is 0 Å². The molecular weight excluding hydrogens is 357 g/mol. The summed E-state index contributed by atoms with van der Waals surface area (Å²) in [6, 6.07) is 4.40. The normalized spacial score (nSPS) is 16.6. The van der Waals surface area contributed by atoms with Crippen molar-refractivity contribution in [1.82, 2.24) is 0 Å². The Kier molecular flexibility index (Phi) is 7.18. The van der Waals surface area contributed by atoms with E-state index in [0.717, 1.165) is 0 Å². The van der Waals surface area contributed by atoms with Crippen LogP contribution in [-0.4, -0.2) is 39.0 Å². The van der Waals surface area contributed by atoms with Crippen LogP contribution in [-0.2, 0) is 14.5 Å². The van der Waals surface area contributed by atoms with Gasteiger partial charge in [0.2, 0.25) is 0 Å². The first-order valence-electron chi connectivity index (χ1n) is 7.48. The summed E-state index contributed by atoms with van der Waals surface area (Å²) < 4.78 is 59.7. The molecule has 0 amide bonds. The number of carboxylic acid groups (broad SMARTS) is 1. The molecule has 140 valence electrons. The molecule has 9 heteroatoms. The minimum atomic E-state index is -4.54. The van der Waals surface area contributed by atoms with E-state index in [4.69, 9.17) is 15.6 Å². The summed E-state index contributed by atoms with van der Waals surface area (Å²) >= 11 is 0. The number of hydrogen-bond acceptors (Lipinski definition) is 4. The molecule has 0 fully saturated rings. The second-order valence-corrected chi connectivity index (χ2v) is 8.15. The molecule has 1 aromatic carbocycles. The molecular formula is C16H21F3N2O3S. The second-order valence-electron chi connectivity index (χ2n) is 5.71. The molecule has 0 aliphatic heterocycles. The van der Waals surface area contributed by atoms with Crippen LogP contribution in [0.5, 0.6) is 0 Å². The third-order valence-electron chi connectivity index (χ3n) is 3.78. The summed E-state index contributed by atoms with van der Waals surface area (Å²) in [5.41, 5.74) is 5.97. The Morgan fingerprint density at radius 3 is 2.24 bits per heavy atom. The van der Waals surface area contributed by atoms with Crippen molar-refractivity contribution in [2.45, 2.75) is 31.0 Å². The van der Waals surface area contributed by atoms with E-state index in [2.05, 4.69) is 6.58 Å². The maximum Gasteiger partial charge on any atom is 0.395 e. The van der Waals surface area contributed by atoms with Gasteiger partial charge in [0.1, 0.15) is 6.04 Å². The van der Waals surface area contributed by atoms with Crippen molar-refractivity contribution in [3.05, 3.63) is 42.0 Å². The van der Waals surface area contributed by atoms with E-state index in [-0.39, 0.29) is 17.7 Å². The Morgan fingerprint density at radius 2 is 1.80 bits per heavy atom. The van der Waals surface area contributed by atoms with Gasteiger partial charge in [-0.3, -0.25) is 9.57 Å². The monoisotopic (exact) mass is 378 g/mol. The van der Waals surface area contributed by atoms with Crippen LogP contribution < -0.4 is 5.73 Å². The van der Waals surface area contributed by atoms with Gasteiger partial charge >= 0.3 is 12.1 Å². The molecule has 1 rings (SSSR count). The molecule has 2 unspecified atom stereocenters. The van der Waals surface area contributed by atoms with Crippen LogP contribution in [0.2, 0.25) is 0 Å². The molecule has 25 heavy (non-hydrogen) atoms. The van der Waals surface area contributed by atoms with Crippen molar-refractivity contribution in [2.75, 3.05) is 11.5 Å². The Morgan fingerprint density at radius 1 is 1.28 bits per heavy atom. The third-order valence-corrected chi connectivity index (χ3v) is 5.57. The van der Waals surface area contributed by atoms with Crippen molar-refractivity contribution < 1.29 is 27.3 Å². The number of nitrogens with one attached hydrogen (secondary N) is 1. The van der Waals surface area contributed by atoms with Crippen LogP contribution in [0.1, 0.15) is 29.9 Å². The van der Waals surface area contributed by atoms with E-state index < -0.39 is 46.0 Å². The lowest BCUT2D eigenvalue weighted by molar-refractivity contribution is -0.150. The van der Waals surface area contributed by atoms with Gasteiger partial charge in [-0.1, -0.05) is 36.9 Å². The summed E-state index contributed by atoms with van der Waals surface area (Å²) in [6.07, 6.45) is -3.76. The molecule has 3 atom stereocenters. The predicted molar refractivity (Wildman–Crippen MR) is 90.8 cm³/mol. The number of aliphatic carboxylic acids is 1. The number of hydrogen-bond donors (Lipinski definition) is 3. The summed E-state index contributed by atoms with van der Waals surface area (Å²) in [7, 11) is -3.35. The minimum absolute atomic E-state index is 0.0236. The van der Waals surface area contributed by atoms with Gasteiger partial charge in [0.05, 0.1) is 5.92 Å². The van der Waals surface area contributed by atoms with E-state index in [1.54, 1.807) is 0 Å². The van der Waals surface area contributed by atoms with E-state index >= 15 is 0 Å². The SMILES string of the molecule is C=Cc1ccc(C(CCS(=N)(=O)CC[C@H](N)C(=O)O)C(F)(F)F)cc1. The Labute approximate surface area is 144 Å². The Balaban J connectivity index is 2.82. The molecule has 0 bridgehead atoms. The fourth-order valence-electron chi connectivity index (χ4n) is 2.23. The lowest BCUT2D eigenvalue weighted by Gasteiger charge is -2.21. The summed E-state index contributed by atoms with van der Waals surface area (Å²) in [4.78, 5) is 10.6. The highest BCUT2D eigenvalue weighted by Crippen LogP contribution is 2.37. The zero-order valence-electron chi connectivity index (χ0n) is 13.5. The van der Waals surface area contributed by atoms with E-state index in [9.17, 15) is 22.2 Å². The number of benzene rings is 1. The summed E-state index contributed by atoms with van der Waals surface area (Å²) in [5.74, 6) is -3.97. The molecule has 0 saturated heterocycles. The molecule has 0 heterocycles. The van der Waals surface area contributed by atoms with E-state index in [1.165, 1.54) is 30.3 Å². The van der Waals surface area contributed by atoms with Gasteiger partial charge in [-0.2, -0.15) is 13.2 Å². The lowest BCUT2D eigenvalue weighted by Crippen LogP contribution is -2.32. The zero-order valence-corrected chi connectivity index (χ0v) is 14.3. The van der Waals surface area contributed by atoms with Gasteiger partial charge in [0.15, 0.2) is 0 Å². The maximum absolute atomic E-state index is 13.3. The average Bonchev–Trinajstić information content (AvgIpc) is 2.52. The quantitative estimate of drug-likeness (QED) is 0.614. The Hall–Kier alpha value is -1.87. The number of nitrogens with two attached hydrogens (primary N) is 1. The molecule has 4 N–H and O–H groups in total. The van der Waals surface area contributed by atoms with Gasteiger partial charge in [-0.15, -0.1) is 0 Å². The van der Waals surface area contributed by atoms with Gasteiger partial charge in [-0.05, 0) is 24.0 Å². The third kappa shape index (κ3) is 6.87. The van der Waals surface area contributed by atoms with Gasteiger partial charge in [0, 0.05) is 21.2 Å². The van der Waals surface area contributed by atoms with Crippen molar-refractivity contribution >= 4 is 21.8 Å². The molecule has 1 aromatic rings. The molecule has 0 aliphatic rings. The predicted octanol–water partition coefficient (Wildman–Crippen LogP) is 3.21. The zero-order chi connectivity index (χ0) is 19.3. The molecule has 5 nitrogen and oxygen atoms in total. The van der Waals surface area contributed by atoms with Crippen molar-refractivity contribution in [2.24, 2.45) is 5.73 Å². The van der Waals surface area contributed by atoms with Gasteiger partial charge < -0.3 is 10.8 Å². The first kappa shape index (κ1) is 21.2. The van der Waals surface area contributed by atoms with Crippen molar-refractivity contribution in [1.29, 1.82) is 4.78 Å². The molecule has 0 saturated carbocycles. The minimum Gasteiger partial charge on any atom is -0.480 e. The molecule has 0 radical (unpaired) electrons. The van der Waals surface area contributed by atoms with Gasteiger partial charge in [-0.25, -0.2) is 4.21 Å². The fraction of sp³-hybridized carbons (Fsp3) is 0.438. The van der Waals surface area contributed by atoms with Crippen LogP contribution in [0.15, 0.2) is 30.8 Å². The van der Waals surface area contributed by atoms with Crippen LogP contribution in [0.25, 0.3) is 6.08 Å². The standard InChI is InChI=1S/C16H21F3N2O3S/c1-2-11-3-5-12(6-4-11)13(16(17,18)19)7-9-25(21,24)10-8-14(20)15(22)23/h2-6,13-14,21H,1,7-10,20H2,(H,22,23)/t13?,14-,25?/m0/s1. The topological polar surface area (TPSA) is 104 Å². The number of alkyl halides is 3.